The number of hydrogen-bond acceptors (Lipinski definition) is 3. The number of nitrogens with one attached hydrogen (secondary N) is 2. The first-order valence-corrected chi connectivity index (χ1v) is 8.09. The first-order valence-electron chi connectivity index (χ1n) is 6.06. The Morgan fingerprint density at radius 2 is 2.05 bits per heavy atom. The summed E-state index contributed by atoms with van der Waals surface area (Å²) in [5.41, 5.74) is 0.622. The van der Waals surface area contributed by atoms with Crippen molar-refractivity contribution in [2.75, 3.05) is 18.8 Å². The van der Waals surface area contributed by atoms with E-state index in [1.54, 1.807) is 0 Å². The molecule has 0 amide bonds. The fourth-order valence-electron chi connectivity index (χ4n) is 1.42. The monoisotopic (exact) mass is 308 g/mol. The molecule has 0 heterocycles. The zero-order valence-electron chi connectivity index (χ0n) is 10.7. The topological polar surface area (TPSA) is 58.2 Å². The summed E-state index contributed by atoms with van der Waals surface area (Å²) < 4.78 is 38.7. The maximum Gasteiger partial charge on any atom is 0.213 e. The van der Waals surface area contributed by atoms with Crippen molar-refractivity contribution >= 4 is 21.6 Å². The lowest BCUT2D eigenvalue weighted by atomic mass is 10.2. The van der Waals surface area contributed by atoms with Gasteiger partial charge in [0.1, 0.15) is 5.82 Å². The van der Waals surface area contributed by atoms with Crippen LogP contribution in [0.1, 0.15) is 18.9 Å². The Morgan fingerprint density at radius 3 is 2.68 bits per heavy atom. The van der Waals surface area contributed by atoms with Crippen molar-refractivity contribution in [1.82, 2.24) is 10.0 Å². The minimum Gasteiger partial charge on any atom is -0.316 e. The van der Waals surface area contributed by atoms with Gasteiger partial charge < -0.3 is 5.32 Å². The fourth-order valence-corrected chi connectivity index (χ4v) is 2.57. The van der Waals surface area contributed by atoms with E-state index in [1.165, 1.54) is 18.2 Å². The predicted octanol–water partition coefficient (Wildman–Crippen LogP) is 1.90. The highest BCUT2D eigenvalue weighted by molar-refractivity contribution is 7.89. The molecule has 108 valence electrons. The fraction of sp³-hybridized carbons (Fsp3) is 0.500. The third kappa shape index (κ3) is 6.33. The second-order valence-electron chi connectivity index (χ2n) is 4.14. The number of benzene rings is 1. The van der Waals surface area contributed by atoms with E-state index in [9.17, 15) is 12.8 Å². The van der Waals surface area contributed by atoms with Gasteiger partial charge in [-0.3, -0.25) is 0 Å². The van der Waals surface area contributed by atoms with Crippen molar-refractivity contribution in [1.29, 1.82) is 0 Å². The van der Waals surface area contributed by atoms with Crippen molar-refractivity contribution in [2.24, 2.45) is 0 Å². The van der Waals surface area contributed by atoms with Gasteiger partial charge >= 0.3 is 0 Å². The van der Waals surface area contributed by atoms with Gasteiger partial charge in [0, 0.05) is 13.1 Å². The second-order valence-corrected chi connectivity index (χ2v) is 6.47. The molecular weight excluding hydrogens is 291 g/mol. The molecule has 1 aromatic carbocycles. The first kappa shape index (κ1) is 16.4. The molecule has 19 heavy (non-hydrogen) atoms. The van der Waals surface area contributed by atoms with Crippen LogP contribution in [-0.4, -0.2) is 27.3 Å². The minimum atomic E-state index is -3.33. The quantitative estimate of drug-likeness (QED) is 0.721. The van der Waals surface area contributed by atoms with Crippen molar-refractivity contribution < 1.29 is 12.8 Å². The third-order valence-electron chi connectivity index (χ3n) is 2.45. The SMILES string of the molecule is CCCNCCS(=O)(=O)NCc1ccc(F)c(Cl)c1. The summed E-state index contributed by atoms with van der Waals surface area (Å²) in [4.78, 5) is 0. The molecule has 0 unspecified atom stereocenters. The van der Waals surface area contributed by atoms with Crippen LogP contribution in [0.5, 0.6) is 0 Å². The van der Waals surface area contributed by atoms with Crippen LogP contribution >= 0.6 is 11.6 Å². The lowest BCUT2D eigenvalue weighted by Crippen LogP contribution is -2.31. The molecule has 2 N–H and O–H groups in total. The van der Waals surface area contributed by atoms with Crippen molar-refractivity contribution in [3.05, 3.63) is 34.6 Å². The summed E-state index contributed by atoms with van der Waals surface area (Å²) in [5.74, 6) is -0.501. The van der Waals surface area contributed by atoms with Gasteiger partial charge in [-0.15, -0.1) is 0 Å². The highest BCUT2D eigenvalue weighted by atomic mass is 35.5. The molecule has 0 radical (unpaired) electrons. The molecule has 1 aromatic rings. The first-order chi connectivity index (χ1) is 8.94. The molecule has 4 nitrogen and oxygen atoms in total. The van der Waals surface area contributed by atoms with E-state index >= 15 is 0 Å². The van der Waals surface area contributed by atoms with Crippen LogP contribution < -0.4 is 10.0 Å². The normalized spacial score (nSPS) is 11.7. The molecule has 0 saturated heterocycles. The number of halogens is 2. The number of rotatable bonds is 8. The van der Waals surface area contributed by atoms with Crippen LogP contribution in [0.4, 0.5) is 4.39 Å². The van der Waals surface area contributed by atoms with Crippen molar-refractivity contribution in [2.45, 2.75) is 19.9 Å². The summed E-state index contributed by atoms with van der Waals surface area (Å²) in [5, 5.41) is 3.00. The number of sulfonamides is 1. The molecule has 0 saturated carbocycles. The number of hydrogen-bond donors (Lipinski definition) is 2. The van der Waals surface area contributed by atoms with Gasteiger partial charge in [0.2, 0.25) is 10.0 Å². The summed E-state index contributed by atoms with van der Waals surface area (Å²) in [7, 11) is -3.33. The van der Waals surface area contributed by atoms with E-state index in [0.717, 1.165) is 13.0 Å². The van der Waals surface area contributed by atoms with Crippen molar-refractivity contribution in [3.63, 3.8) is 0 Å². The van der Waals surface area contributed by atoms with Crippen LogP contribution in [0.2, 0.25) is 5.02 Å². The summed E-state index contributed by atoms with van der Waals surface area (Å²) in [6.45, 7) is 3.32. The Bertz CT molecular complexity index is 508. The molecule has 1 rings (SSSR count). The van der Waals surface area contributed by atoms with Crippen LogP contribution in [-0.2, 0) is 16.6 Å². The van der Waals surface area contributed by atoms with Gasteiger partial charge in [-0.2, -0.15) is 0 Å². The molecule has 0 fully saturated rings. The van der Waals surface area contributed by atoms with Crippen LogP contribution in [0, 0.1) is 5.82 Å². The Labute approximate surface area is 118 Å². The smallest absolute Gasteiger partial charge is 0.213 e. The van der Waals surface area contributed by atoms with Gasteiger partial charge in [-0.1, -0.05) is 24.6 Å². The molecule has 0 aliphatic carbocycles. The molecule has 7 heteroatoms. The van der Waals surface area contributed by atoms with Gasteiger partial charge in [-0.05, 0) is 30.7 Å². The van der Waals surface area contributed by atoms with Gasteiger partial charge in [0.05, 0.1) is 10.8 Å². The Balaban J connectivity index is 2.43. The van der Waals surface area contributed by atoms with Crippen LogP contribution in [0.3, 0.4) is 0 Å². The molecule has 0 spiro atoms. The Morgan fingerprint density at radius 1 is 1.32 bits per heavy atom. The van der Waals surface area contributed by atoms with E-state index in [2.05, 4.69) is 10.0 Å². The Kier molecular flexibility index (Phi) is 6.71. The summed E-state index contributed by atoms with van der Waals surface area (Å²) in [6.07, 6.45) is 0.960. The van der Waals surface area contributed by atoms with Gasteiger partial charge in [0.15, 0.2) is 0 Å². The Hall–Kier alpha value is -0.690. The van der Waals surface area contributed by atoms with E-state index in [0.29, 0.717) is 12.1 Å². The highest BCUT2D eigenvalue weighted by Gasteiger charge is 2.10. The average Bonchev–Trinajstić information content (AvgIpc) is 2.36. The zero-order valence-corrected chi connectivity index (χ0v) is 12.3. The minimum absolute atomic E-state index is 0.0127. The van der Waals surface area contributed by atoms with Crippen molar-refractivity contribution in [3.8, 4) is 0 Å². The molecule has 0 atom stereocenters. The largest absolute Gasteiger partial charge is 0.316 e. The average molecular weight is 309 g/mol. The van der Waals surface area contributed by atoms with E-state index in [-0.39, 0.29) is 17.3 Å². The van der Waals surface area contributed by atoms with E-state index in [4.69, 9.17) is 11.6 Å². The lowest BCUT2D eigenvalue weighted by Gasteiger charge is -2.08. The third-order valence-corrected chi connectivity index (χ3v) is 4.07. The highest BCUT2D eigenvalue weighted by Crippen LogP contribution is 2.15. The van der Waals surface area contributed by atoms with E-state index in [1.807, 2.05) is 6.92 Å². The zero-order chi connectivity index (χ0) is 14.3. The molecule has 0 bridgehead atoms. The van der Waals surface area contributed by atoms with Crippen LogP contribution in [0.25, 0.3) is 0 Å². The van der Waals surface area contributed by atoms with Crippen LogP contribution in [0.15, 0.2) is 18.2 Å². The molecular formula is C12H18ClFN2O2S. The lowest BCUT2D eigenvalue weighted by molar-refractivity contribution is 0.576. The van der Waals surface area contributed by atoms with E-state index < -0.39 is 15.8 Å². The second kappa shape index (κ2) is 7.79. The maximum absolute atomic E-state index is 12.9. The standard InChI is InChI=1S/C12H18ClFN2O2S/c1-2-5-15-6-7-19(17,18)16-9-10-3-4-12(14)11(13)8-10/h3-4,8,15-16H,2,5-7,9H2,1H3. The summed E-state index contributed by atoms with van der Waals surface area (Å²) >= 11 is 5.62. The van der Waals surface area contributed by atoms with Gasteiger partial charge in [0.25, 0.3) is 0 Å². The molecule has 0 aromatic heterocycles. The molecule has 0 aliphatic rings. The predicted molar refractivity (Wildman–Crippen MR) is 75.2 cm³/mol. The maximum atomic E-state index is 12.9. The molecule has 0 aliphatic heterocycles. The van der Waals surface area contributed by atoms with Gasteiger partial charge in [-0.25, -0.2) is 17.5 Å². The summed E-state index contributed by atoms with van der Waals surface area (Å²) in [6, 6.07) is 4.13.